The Labute approximate surface area is 131 Å². The maximum atomic E-state index is 11.4. The third-order valence-corrected chi connectivity index (χ3v) is 3.09. The molecule has 4 atom stereocenters. The summed E-state index contributed by atoms with van der Waals surface area (Å²) in [5.74, 6) is -1.66. The fourth-order valence-corrected chi connectivity index (χ4v) is 2.30. The van der Waals surface area contributed by atoms with Crippen molar-refractivity contribution >= 4 is 17.9 Å². The summed E-state index contributed by atoms with van der Waals surface area (Å²) in [5.41, 5.74) is 0.374. The third-order valence-electron chi connectivity index (χ3n) is 3.09. The van der Waals surface area contributed by atoms with E-state index in [1.165, 1.54) is 27.0 Å². The van der Waals surface area contributed by atoms with E-state index in [1.54, 1.807) is 0 Å². The van der Waals surface area contributed by atoms with Crippen LogP contribution in [0.3, 0.4) is 0 Å². The molecule has 1 N–H and O–H groups in total. The van der Waals surface area contributed by atoms with Gasteiger partial charge in [0, 0.05) is 20.8 Å². The number of H-pyrrole nitrogens is 1. The van der Waals surface area contributed by atoms with Crippen molar-refractivity contribution in [3.8, 4) is 0 Å². The predicted octanol–water partition coefficient (Wildman–Crippen LogP) is -0.329. The van der Waals surface area contributed by atoms with Gasteiger partial charge in [0.05, 0.1) is 6.20 Å². The summed E-state index contributed by atoms with van der Waals surface area (Å²) in [5, 5.41) is 10.0. The van der Waals surface area contributed by atoms with Crippen LogP contribution < -0.4 is 0 Å². The molecule has 0 unspecified atom stereocenters. The molecule has 2 rings (SSSR count). The van der Waals surface area contributed by atoms with Gasteiger partial charge < -0.3 is 18.9 Å². The van der Waals surface area contributed by atoms with Gasteiger partial charge in [-0.05, 0) is 0 Å². The highest BCUT2D eigenvalue weighted by Gasteiger charge is 2.51. The molecule has 1 saturated heterocycles. The van der Waals surface area contributed by atoms with Crippen LogP contribution >= 0.6 is 0 Å². The van der Waals surface area contributed by atoms with E-state index in [1.807, 2.05) is 0 Å². The van der Waals surface area contributed by atoms with Crippen molar-refractivity contribution < 1.29 is 33.3 Å². The summed E-state index contributed by atoms with van der Waals surface area (Å²) >= 11 is 0. The summed E-state index contributed by atoms with van der Waals surface area (Å²) in [6, 6.07) is 0. The zero-order valence-electron chi connectivity index (χ0n) is 12.8. The molecular formula is C13H17N3O7. The van der Waals surface area contributed by atoms with Crippen LogP contribution in [0.15, 0.2) is 6.20 Å². The first-order valence-corrected chi connectivity index (χ1v) is 6.87. The molecule has 2 heterocycles. The molecule has 1 aliphatic rings. The van der Waals surface area contributed by atoms with Crippen LogP contribution in [0.1, 0.15) is 32.6 Å². The van der Waals surface area contributed by atoms with Gasteiger partial charge in [-0.25, -0.2) is 0 Å². The van der Waals surface area contributed by atoms with Gasteiger partial charge in [-0.1, -0.05) is 0 Å². The molecule has 1 fully saturated rings. The van der Waals surface area contributed by atoms with Gasteiger partial charge >= 0.3 is 17.9 Å². The molecule has 1 aromatic heterocycles. The minimum atomic E-state index is -0.933. The molecular weight excluding hydrogens is 310 g/mol. The molecule has 0 bridgehead atoms. The molecule has 23 heavy (non-hydrogen) atoms. The zero-order valence-corrected chi connectivity index (χ0v) is 12.8. The first kappa shape index (κ1) is 16.9. The van der Waals surface area contributed by atoms with Gasteiger partial charge in [0.2, 0.25) is 0 Å². The number of hydrogen-bond donors (Lipinski definition) is 1. The second kappa shape index (κ2) is 7.18. The molecule has 10 nitrogen and oxygen atoms in total. The Kier molecular flexibility index (Phi) is 5.27. The molecule has 0 spiro atoms. The van der Waals surface area contributed by atoms with E-state index in [0.29, 0.717) is 5.69 Å². The summed E-state index contributed by atoms with van der Waals surface area (Å²) in [4.78, 5) is 33.7. The molecule has 126 valence electrons. The highest BCUT2D eigenvalue weighted by Crippen LogP contribution is 2.36. The Bertz CT molecular complexity index is 574. The van der Waals surface area contributed by atoms with Gasteiger partial charge in [0.1, 0.15) is 24.5 Å². The van der Waals surface area contributed by atoms with Crippen LogP contribution in [-0.2, 0) is 33.3 Å². The lowest BCUT2D eigenvalue weighted by atomic mass is 10.1. The van der Waals surface area contributed by atoms with Crippen LogP contribution in [0.25, 0.3) is 0 Å². The van der Waals surface area contributed by atoms with E-state index >= 15 is 0 Å². The first-order valence-electron chi connectivity index (χ1n) is 6.87. The Morgan fingerprint density at radius 2 is 1.78 bits per heavy atom. The molecule has 0 saturated carbocycles. The van der Waals surface area contributed by atoms with Gasteiger partial charge in [-0.15, -0.1) is 0 Å². The van der Waals surface area contributed by atoms with Crippen LogP contribution in [0.5, 0.6) is 0 Å². The number of nitrogens with one attached hydrogen (secondary N) is 1. The van der Waals surface area contributed by atoms with Crippen molar-refractivity contribution in [2.75, 3.05) is 6.61 Å². The van der Waals surface area contributed by atoms with E-state index in [4.69, 9.17) is 18.9 Å². The number of carbonyl (C=O) groups is 3. The number of esters is 3. The predicted molar refractivity (Wildman–Crippen MR) is 71.7 cm³/mol. The first-order chi connectivity index (χ1) is 10.9. The van der Waals surface area contributed by atoms with Gasteiger partial charge in [0.15, 0.2) is 12.2 Å². The molecule has 0 radical (unpaired) electrons. The summed E-state index contributed by atoms with van der Waals surface area (Å²) in [7, 11) is 0. The van der Waals surface area contributed by atoms with Crippen molar-refractivity contribution in [2.24, 2.45) is 0 Å². The lowest BCUT2D eigenvalue weighted by Crippen LogP contribution is -2.40. The fourth-order valence-electron chi connectivity index (χ4n) is 2.30. The molecule has 1 aromatic rings. The lowest BCUT2D eigenvalue weighted by Gasteiger charge is -2.22. The van der Waals surface area contributed by atoms with E-state index in [9.17, 15) is 14.4 Å². The van der Waals surface area contributed by atoms with E-state index in [-0.39, 0.29) is 6.61 Å². The second-order valence-corrected chi connectivity index (χ2v) is 4.94. The molecule has 1 aliphatic heterocycles. The maximum Gasteiger partial charge on any atom is 0.303 e. The lowest BCUT2D eigenvalue weighted by molar-refractivity contribution is -0.165. The monoisotopic (exact) mass is 327 g/mol. The number of ether oxygens (including phenoxy) is 4. The number of aromatic nitrogens is 3. The van der Waals surface area contributed by atoms with Crippen molar-refractivity contribution in [1.82, 2.24) is 15.4 Å². The minimum absolute atomic E-state index is 0.153. The van der Waals surface area contributed by atoms with Crippen molar-refractivity contribution in [2.45, 2.75) is 45.2 Å². The molecule has 0 amide bonds. The fraction of sp³-hybridized carbons (Fsp3) is 0.615. The second-order valence-electron chi connectivity index (χ2n) is 4.94. The molecule has 0 aromatic carbocycles. The number of rotatable bonds is 5. The Hall–Kier alpha value is -2.49. The van der Waals surface area contributed by atoms with E-state index in [0.717, 1.165) is 0 Å². The van der Waals surface area contributed by atoms with Gasteiger partial charge in [0.25, 0.3) is 0 Å². The largest absolute Gasteiger partial charge is 0.463 e. The number of nitrogens with zero attached hydrogens (tertiary/aromatic N) is 2. The summed E-state index contributed by atoms with van der Waals surface area (Å²) < 4.78 is 21.1. The average Bonchev–Trinajstić information content (AvgIpc) is 3.05. The van der Waals surface area contributed by atoms with Gasteiger partial charge in [-0.2, -0.15) is 15.4 Å². The third kappa shape index (κ3) is 4.25. The van der Waals surface area contributed by atoms with Gasteiger partial charge in [-0.3, -0.25) is 14.4 Å². The Morgan fingerprint density at radius 3 is 2.30 bits per heavy atom. The molecule has 0 aliphatic carbocycles. The quantitative estimate of drug-likeness (QED) is 0.570. The van der Waals surface area contributed by atoms with Crippen LogP contribution in [0.4, 0.5) is 0 Å². The van der Waals surface area contributed by atoms with Crippen molar-refractivity contribution in [1.29, 1.82) is 0 Å². The number of carbonyl (C=O) groups excluding carboxylic acids is 3. The summed E-state index contributed by atoms with van der Waals surface area (Å²) in [6.07, 6.45) is -2.06. The van der Waals surface area contributed by atoms with Crippen LogP contribution in [0.2, 0.25) is 0 Å². The van der Waals surface area contributed by atoms with Crippen LogP contribution in [-0.4, -0.2) is 58.2 Å². The topological polar surface area (TPSA) is 130 Å². The summed E-state index contributed by atoms with van der Waals surface area (Å²) in [6.45, 7) is 3.54. The zero-order chi connectivity index (χ0) is 17.0. The Balaban J connectivity index is 2.25. The van der Waals surface area contributed by atoms with Crippen LogP contribution in [0, 0.1) is 0 Å². The van der Waals surface area contributed by atoms with E-state index in [2.05, 4.69) is 15.4 Å². The smallest absolute Gasteiger partial charge is 0.303 e. The standard InChI is InChI=1S/C13H17N3O7/c1-6(17)20-5-10-12(21-7(2)18)13(22-8(3)19)11(23-10)9-4-14-16-15-9/h4,10-13H,5H2,1-3H3,(H,14,15,16)/t10-,11+,12-,13+/m1/s1. The number of aromatic amines is 1. The Morgan fingerprint density at radius 1 is 1.13 bits per heavy atom. The average molecular weight is 327 g/mol. The maximum absolute atomic E-state index is 11.4. The number of hydrogen-bond acceptors (Lipinski definition) is 9. The molecule has 10 heteroatoms. The SMILES string of the molecule is CC(=O)OC[C@H]1O[C@@H](c2cn[nH]n2)[C@H](OC(C)=O)[C@@H]1OC(C)=O. The van der Waals surface area contributed by atoms with Crippen molar-refractivity contribution in [3.05, 3.63) is 11.9 Å². The van der Waals surface area contributed by atoms with Crippen molar-refractivity contribution in [3.63, 3.8) is 0 Å². The highest BCUT2D eigenvalue weighted by molar-refractivity contribution is 5.68. The minimum Gasteiger partial charge on any atom is -0.463 e. The van der Waals surface area contributed by atoms with E-state index < -0.39 is 42.3 Å². The normalized spacial score (nSPS) is 26.6. The highest BCUT2D eigenvalue weighted by atomic mass is 16.6.